The Balaban J connectivity index is 1.61. The number of hydrogen-bond donors (Lipinski definition) is 3. The molecule has 250 valence electrons. The molecule has 0 aliphatic carbocycles. The van der Waals surface area contributed by atoms with Crippen molar-refractivity contribution >= 4 is 60.4 Å². The number of amides is 2. The van der Waals surface area contributed by atoms with Crippen LogP contribution < -0.4 is 14.8 Å². The number of hydrogen-bond acceptors (Lipinski definition) is 10. The van der Waals surface area contributed by atoms with E-state index in [-0.39, 0.29) is 25.5 Å². The highest BCUT2D eigenvalue weighted by Crippen LogP contribution is 2.35. The molecular weight excluding hydrogens is 702 g/mol. The van der Waals surface area contributed by atoms with Gasteiger partial charge in [0, 0.05) is 35.1 Å². The van der Waals surface area contributed by atoms with Crippen molar-refractivity contribution in [2.45, 2.75) is 48.8 Å². The molecule has 0 saturated carbocycles. The molecule has 3 N–H and O–H groups in total. The Morgan fingerprint density at radius 1 is 1.28 bits per heavy atom. The average molecular weight is 735 g/mol. The van der Waals surface area contributed by atoms with Crippen molar-refractivity contribution in [3.05, 3.63) is 82.0 Å². The number of unbranched alkanes of at least 4 members (excludes halogenated alkanes) is 1. The van der Waals surface area contributed by atoms with Crippen molar-refractivity contribution in [3.63, 3.8) is 0 Å². The molecule has 3 atom stereocenters. The number of carboxylic acid groups (broad SMARTS) is 1. The molecule has 17 heteroatoms. The Morgan fingerprint density at radius 3 is 2.72 bits per heavy atom. The zero-order chi connectivity index (χ0) is 34.4. The third-order valence-electron chi connectivity index (χ3n) is 7.51. The van der Waals surface area contributed by atoms with E-state index < -0.39 is 67.7 Å². The van der Waals surface area contributed by atoms with Crippen LogP contribution in [-0.4, -0.2) is 83.7 Å². The largest absolute Gasteiger partial charge is 0.480 e. The lowest BCUT2D eigenvalue weighted by molar-refractivity contribution is -0.387. The van der Waals surface area contributed by atoms with Gasteiger partial charge in [0.25, 0.3) is 5.69 Å². The molecule has 0 radical (unpaired) electrons. The minimum Gasteiger partial charge on any atom is -0.480 e. The van der Waals surface area contributed by atoms with E-state index >= 15 is 0 Å². The smallest absolute Gasteiger partial charge is 0.407 e. The highest BCUT2D eigenvalue weighted by Gasteiger charge is 2.52. The Labute approximate surface area is 278 Å². The van der Waals surface area contributed by atoms with Gasteiger partial charge >= 0.3 is 12.1 Å². The number of pyridine rings is 1. The second-order valence-electron chi connectivity index (χ2n) is 10.8. The summed E-state index contributed by atoms with van der Waals surface area (Å²) < 4.78 is 40.4. The lowest BCUT2D eigenvalue weighted by Crippen LogP contribution is -2.59. The van der Waals surface area contributed by atoms with Gasteiger partial charge in [-0.3, -0.25) is 14.9 Å². The van der Waals surface area contributed by atoms with Crippen LogP contribution in [0, 0.1) is 10.1 Å². The van der Waals surface area contributed by atoms with Crippen molar-refractivity contribution in [2.75, 3.05) is 19.7 Å². The van der Waals surface area contributed by atoms with Crippen molar-refractivity contribution in [3.8, 4) is 5.88 Å². The fraction of sp³-hybridized carbons (Fsp3) is 0.333. The summed E-state index contributed by atoms with van der Waals surface area (Å²) in [5.41, 5.74) is -2.54. The lowest BCUT2D eigenvalue weighted by Gasteiger charge is -2.33. The molecule has 3 aromatic rings. The van der Waals surface area contributed by atoms with E-state index in [0.717, 1.165) is 26.9 Å². The molecule has 15 nitrogen and oxygen atoms in total. The first-order valence-electron chi connectivity index (χ1n) is 14.3. The second kappa shape index (κ2) is 14.9. The maximum atomic E-state index is 14.0. The second-order valence-corrected chi connectivity index (χ2v) is 13.4. The predicted octanol–water partition coefficient (Wildman–Crippen LogP) is 3.77. The van der Waals surface area contributed by atoms with E-state index in [4.69, 9.17) is 9.47 Å². The number of para-hydroxylation sites is 1. The summed E-state index contributed by atoms with van der Waals surface area (Å²) in [4.78, 5) is 54.5. The van der Waals surface area contributed by atoms with Gasteiger partial charge in [0.05, 0.1) is 18.1 Å². The summed E-state index contributed by atoms with van der Waals surface area (Å²) in [5, 5.41) is 25.5. The zero-order valence-electron chi connectivity index (χ0n) is 25.1. The minimum absolute atomic E-state index is 0.0404. The van der Waals surface area contributed by atoms with Gasteiger partial charge in [-0.15, -0.1) is 6.58 Å². The number of nitro benzene ring substituents is 1. The number of fused-ring (bicyclic) bond motifs is 1. The third-order valence-corrected chi connectivity index (χ3v) is 9.47. The molecule has 1 aromatic heterocycles. The molecule has 47 heavy (non-hydrogen) atoms. The van der Waals surface area contributed by atoms with Gasteiger partial charge in [-0.2, -0.15) is 0 Å². The summed E-state index contributed by atoms with van der Waals surface area (Å²) in [6, 6.07) is 10.2. The number of allylic oxidation sites excluding steroid dienone is 1. The number of aromatic nitrogens is 1. The monoisotopic (exact) mass is 733 g/mol. The maximum absolute atomic E-state index is 14.0. The number of carbonyl (C=O) groups excluding carboxylic acids is 2. The van der Waals surface area contributed by atoms with Crippen molar-refractivity contribution in [1.82, 2.24) is 19.9 Å². The van der Waals surface area contributed by atoms with Crippen molar-refractivity contribution < 1.29 is 42.3 Å². The van der Waals surface area contributed by atoms with Gasteiger partial charge in [0.2, 0.25) is 21.8 Å². The van der Waals surface area contributed by atoms with E-state index in [1.54, 1.807) is 18.2 Å². The van der Waals surface area contributed by atoms with E-state index in [2.05, 4.69) is 37.5 Å². The zero-order valence-corrected chi connectivity index (χ0v) is 27.5. The summed E-state index contributed by atoms with van der Waals surface area (Å²) >= 11 is 3.41. The molecule has 1 saturated heterocycles. The fourth-order valence-electron chi connectivity index (χ4n) is 5.07. The Hall–Kier alpha value is -4.61. The fourth-order valence-corrected chi connectivity index (χ4v) is 6.65. The number of halogens is 1. The number of aliphatic carboxylic acids is 1. The maximum Gasteiger partial charge on any atom is 0.407 e. The quantitative estimate of drug-likeness (QED) is 0.0940. The normalized spacial score (nSPS) is 18.3. The Bertz CT molecular complexity index is 1810. The number of sulfonamides is 1. The van der Waals surface area contributed by atoms with Gasteiger partial charge in [0.1, 0.15) is 17.7 Å². The number of nitrogens with zero attached hydrogens (tertiary/aromatic N) is 3. The van der Waals surface area contributed by atoms with Crippen LogP contribution in [0.15, 0.2) is 76.8 Å². The van der Waals surface area contributed by atoms with Gasteiger partial charge in [-0.25, -0.2) is 27.7 Å². The first-order chi connectivity index (χ1) is 22.3. The van der Waals surface area contributed by atoms with E-state index in [1.807, 2.05) is 12.1 Å². The molecule has 1 aliphatic heterocycles. The van der Waals surface area contributed by atoms with Crippen LogP contribution in [0.4, 0.5) is 10.5 Å². The van der Waals surface area contributed by atoms with Crippen molar-refractivity contribution in [2.24, 2.45) is 0 Å². The predicted molar refractivity (Wildman–Crippen MR) is 172 cm³/mol. The highest BCUT2D eigenvalue weighted by atomic mass is 79.9. The minimum atomic E-state index is -4.59. The molecule has 0 bridgehead atoms. The van der Waals surface area contributed by atoms with Crippen LogP contribution in [0.1, 0.15) is 26.2 Å². The van der Waals surface area contributed by atoms with Gasteiger partial charge in [-0.1, -0.05) is 40.2 Å². The average Bonchev–Trinajstić information content (AvgIpc) is 3.38. The summed E-state index contributed by atoms with van der Waals surface area (Å²) in [6.07, 6.45) is 2.04. The number of likely N-dealkylation sites (tertiary alicyclic amines) is 1. The topological polar surface area (TPSA) is 207 Å². The van der Waals surface area contributed by atoms with Crippen LogP contribution in [0.3, 0.4) is 0 Å². The van der Waals surface area contributed by atoms with Crippen molar-refractivity contribution in [1.29, 1.82) is 0 Å². The number of rotatable bonds is 14. The van der Waals surface area contributed by atoms with E-state index in [9.17, 15) is 38.0 Å². The van der Waals surface area contributed by atoms with Crippen LogP contribution >= 0.6 is 15.9 Å². The summed E-state index contributed by atoms with van der Waals surface area (Å²) in [5.74, 6) is -2.11. The molecule has 4 rings (SSSR count). The highest BCUT2D eigenvalue weighted by molar-refractivity contribution is 9.10. The molecule has 2 aromatic carbocycles. The number of nitro groups is 1. The number of benzene rings is 2. The van der Waals surface area contributed by atoms with Gasteiger partial charge in [0.15, 0.2) is 4.90 Å². The first kappa shape index (κ1) is 35.2. The lowest BCUT2D eigenvalue weighted by atomic mass is 9.97. The summed E-state index contributed by atoms with van der Waals surface area (Å²) in [7, 11) is -4.59. The molecule has 2 heterocycles. The molecule has 0 spiro atoms. The number of alkyl carbamates (subject to hydrolysis) is 1. The standard InChI is InChI=1S/C30H32BrN5O10S/c1-3-4-7-14-45-29(40)34-23(17-33-47(43,44)25-9-6-5-8-24(25)36(41)42)27(37)35-18-21(16-30(35,2)28(38)39)46-26-22-15-20(31)11-10-19(22)12-13-32-26/h3,5-6,8-13,15,21,23,33H,1,4,7,14,16-18H2,2H3,(H,34,40)(H,38,39)/t21-,23+,30+/m1/s1. The molecular formula is C30H32BrN5O10S. The molecule has 0 unspecified atom stereocenters. The molecule has 1 fully saturated rings. The van der Waals surface area contributed by atoms with Gasteiger partial charge in [-0.05, 0) is 49.4 Å². The van der Waals surface area contributed by atoms with Crippen LogP contribution in [-0.2, 0) is 24.3 Å². The number of nitrogens with one attached hydrogen (secondary N) is 2. The molecule has 2 amide bonds. The van der Waals surface area contributed by atoms with E-state index in [0.29, 0.717) is 18.2 Å². The van der Waals surface area contributed by atoms with Gasteiger partial charge < -0.3 is 24.8 Å². The molecule has 1 aliphatic rings. The Kier molecular flexibility index (Phi) is 11.2. The van der Waals surface area contributed by atoms with Crippen LogP contribution in [0.5, 0.6) is 5.88 Å². The third kappa shape index (κ3) is 8.22. The van der Waals surface area contributed by atoms with E-state index in [1.165, 1.54) is 25.3 Å². The number of ether oxygens (including phenoxy) is 2. The van der Waals surface area contributed by atoms with Crippen LogP contribution in [0.2, 0.25) is 0 Å². The SMILES string of the molecule is C=CCCCOC(=O)N[C@@H](CNS(=O)(=O)c1ccccc1[N+](=O)[O-])C(=O)N1C[C@H](Oc2nccc3ccc(Br)cc23)C[C@@]1(C)C(=O)O. The number of carbonyl (C=O) groups is 3. The van der Waals surface area contributed by atoms with Crippen LogP contribution in [0.25, 0.3) is 10.8 Å². The number of carboxylic acids is 1. The Morgan fingerprint density at radius 2 is 2.02 bits per heavy atom. The summed E-state index contributed by atoms with van der Waals surface area (Å²) in [6.45, 7) is 3.82. The first-order valence-corrected chi connectivity index (χ1v) is 16.6.